The van der Waals surface area contributed by atoms with Crippen LogP contribution >= 0.6 is 0 Å². The van der Waals surface area contributed by atoms with Crippen LogP contribution in [0.15, 0.2) is 12.1 Å². The summed E-state index contributed by atoms with van der Waals surface area (Å²) in [6.07, 6.45) is 0.264. The molecule has 0 unspecified atom stereocenters. The first-order chi connectivity index (χ1) is 8.41. The van der Waals surface area contributed by atoms with Crippen LogP contribution in [0.4, 0.5) is 11.5 Å². The van der Waals surface area contributed by atoms with Gasteiger partial charge in [-0.1, -0.05) is 0 Å². The molecule has 0 radical (unpaired) electrons. The van der Waals surface area contributed by atoms with Gasteiger partial charge < -0.3 is 10.2 Å². The van der Waals surface area contributed by atoms with Gasteiger partial charge in [0.1, 0.15) is 0 Å². The van der Waals surface area contributed by atoms with Gasteiger partial charge in [-0.2, -0.15) is 0 Å². The number of aryl methyl sites for hydroxylation is 1. The molecule has 1 amide bonds. The average Bonchev–Trinajstić information content (AvgIpc) is 2.28. The van der Waals surface area contributed by atoms with Gasteiger partial charge in [0, 0.05) is 38.8 Å². The van der Waals surface area contributed by atoms with Crippen LogP contribution in [-0.2, 0) is 4.79 Å². The largest absolute Gasteiger partial charge is 0.364 e. The molecular weight excluding hydrogens is 236 g/mol. The number of hydrogen-bond donors (Lipinski definition) is 1. The number of nitrogens with one attached hydrogen (secondary N) is 1. The van der Waals surface area contributed by atoms with E-state index in [9.17, 15) is 14.9 Å². The van der Waals surface area contributed by atoms with Crippen molar-refractivity contribution in [3.8, 4) is 0 Å². The minimum atomic E-state index is -0.497. The summed E-state index contributed by atoms with van der Waals surface area (Å²) in [5, 5.41) is 13.6. The first-order valence-electron chi connectivity index (χ1n) is 5.48. The Morgan fingerprint density at radius 2 is 2.17 bits per heavy atom. The summed E-state index contributed by atoms with van der Waals surface area (Å²) in [7, 11) is 3.32. The maximum absolute atomic E-state index is 11.4. The van der Waals surface area contributed by atoms with Crippen LogP contribution in [0.5, 0.6) is 0 Å². The van der Waals surface area contributed by atoms with Crippen molar-refractivity contribution in [2.75, 3.05) is 26.0 Å². The van der Waals surface area contributed by atoms with E-state index >= 15 is 0 Å². The van der Waals surface area contributed by atoms with Crippen molar-refractivity contribution >= 4 is 17.4 Å². The molecule has 1 aromatic heterocycles. The molecule has 0 bridgehead atoms. The van der Waals surface area contributed by atoms with Crippen LogP contribution in [0.1, 0.15) is 12.1 Å². The van der Waals surface area contributed by atoms with Crippen molar-refractivity contribution in [2.45, 2.75) is 13.3 Å². The number of nitrogens with zero attached hydrogens (tertiary/aromatic N) is 3. The van der Waals surface area contributed by atoms with Gasteiger partial charge in [-0.05, 0) is 13.0 Å². The first kappa shape index (κ1) is 13.9. The lowest BCUT2D eigenvalue weighted by atomic mass is 10.3. The number of anilines is 1. The lowest BCUT2D eigenvalue weighted by Crippen LogP contribution is -2.24. The summed E-state index contributed by atoms with van der Waals surface area (Å²) in [5.74, 6) is 0.157. The van der Waals surface area contributed by atoms with Crippen molar-refractivity contribution in [2.24, 2.45) is 0 Å². The van der Waals surface area contributed by atoms with E-state index in [1.165, 1.54) is 11.0 Å². The maximum Gasteiger partial charge on any atom is 0.311 e. The topological polar surface area (TPSA) is 88.4 Å². The summed E-state index contributed by atoms with van der Waals surface area (Å²) < 4.78 is 0. The molecule has 98 valence electrons. The second-order valence-corrected chi connectivity index (χ2v) is 4.04. The van der Waals surface area contributed by atoms with Crippen LogP contribution in [0.3, 0.4) is 0 Å². The van der Waals surface area contributed by atoms with Crippen LogP contribution < -0.4 is 5.32 Å². The number of carbonyl (C=O) groups excluding carboxylic acids is 1. The molecule has 0 aliphatic carbocycles. The van der Waals surface area contributed by atoms with Gasteiger partial charge in [0.15, 0.2) is 0 Å². The Hall–Kier alpha value is -2.18. The van der Waals surface area contributed by atoms with Gasteiger partial charge >= 0.3 is 5.69 Å². The number of pyridine rings is 1. The van der Waals surface area contributed by atoms with Crippen molar-refractivity contribution in [3.63, 3.8) is 0 Å². The number of carbonyl (C=O) groups is 1. The van der Waals surface area contributed by atoms with Gasteiger partial charge in [0.05, 0.1) is 4.92 Å². The van der Waals surface area contributed by atoms with E-state index < -0.39 is 4.92 Å². The van der Waals surface area contributed by atoms with Gasteiger partial charge in [0.25, 0.3) is 0 Å². The van der Waals surface area contributed by atoms with E-state index in [4.69, 9.17) is 0 Å². The van der Waals surface area contributed by atoms with E-state index in [-0.39, 0.29) is 23.8 Å². The van der Waals surface area contributed by atoms with Crippen molar-refractivity contribution in [1.82, 2.24) is 9.88 Å². The Balaban J connectivity index is 2.69. The molecule has 0 aromatic carbocycles. The molecular formula is C11H16N4O3. The lowest BCUT2D eigenvalue weighted by molar-refractivity contribution is -0.384. The zero-order chi connectivity index (χ0) is 13.7. The van der Waals surface area contributed by atoms with Crippen LogP contribution in [0.25, 0.3) is 0 Å². The monoisotopic (exact) mass is 252 g/mol. The third kappa shape index (κ3) is 3.69. The summed E-state index contributed by atoms with van der Waals surface area (Å²) >= 11 is 0. The Bertz CT molecular complexity index is 460. The quantitative estimate of drug-likeness (QED) is 0.628. The maximum atomic E-state index is 11.4. The average molecular weight is 252 g/mol. The van der Waals surface area contributed by atoms with Gasteiger partial charge in [0.2, 0.25) is 11.7 Å². The second-order valence-electron chi connectivity index (χ2n) is 4.04. The highest BCUT2D eigenvalue weighted by Gasteiger charge is 2.15. The van der Waals surface area contributed by atoms with Gasteiger partial charge in [-0.25, -0.2) is 4.98 Å². The fourth-order valence-electron chi connectivity index (χ4n) is 1.34. The summed E-state index contributed by atoms with van der Waals surface area (Å²) in [6, 6.07) is 2.98. The summed E-state index contributed by atoms with van der Waals surface area (Å²) in [5.41, 5.74) is 0.597. The fraction of sp³-hybridized carbons (Fsp3) is 0.455. The highest BCUT2D eigenvalue weighted by atomic mass is 16.6. The Labute approximate surface area is 105 Å². The molecule has 0 saturated heterocycles. The smallest absolute Gasteiger partial charge is 0.311 e. The Morgan fingerprint density at radius 3 is 2.72 bits per heavy atom. The third-order valence-corrected chi connectivity index (χ3v) is 2.34. The highest BCUT2D eigenvalue weighted by molar-refractivity contribution is 5.76. The Kier molecular flexibility index (Phi) is 4.59. The predicted molar refractivity (Wildman–Crippen MR) is 67.4 cm³/mol. The van der Waals surface area contributed by atoms with Crippen molar-refractivity contribution in [1.29, 1.82) is 0 Å². The number of nitro groups is 1. The second kappa shape index (κ2) is 5.95. The van der Waals surface area contributed by atoms with Crippen LogP contribution in [-0.4, -0.2) is 41.4 Å². The molecule has 7 nitrogen and oxygen atoms in total. The van der Waals surface area contributed by atoms with E-state index in [0.717, 1.165) is 0 Å². The minimum Gasteiger partial charge on any atom is -0.364 e. The number of aromatic nitrogens is 1. The molecule has 0 aliphatic rings. The first-order valence-corrected chi connectivity index (χ1v) is 5.48. The summed E-state index contributed by atoms with van der Waals surface area (Å²) in [6.45, 7) is 2.06. The molecule has 18 heavy (non-hydrogen) atoms. The van der Waals surface area contributed by atoms with E-state index in [2.05, 4.69) is 10.3 Å². The van der Waals surface area contributed by atoms with Crippen molar-refractivity contribution in [3.05, 3.63) is 27.9 Å². The van der Waals surface area contributed by atoms with E-state index in [0.29, 0.717) is 12.2 Å². The standard InChI is InChI=1S/C11H16N4O3/c1-8-4-5-9(15(17)18)11(13-8)12-7-6-10(16)14(2)3/h4-5H,6-7H2,1-3H3,(H,12,13). The number of amides is 1. The molecule has 0 saturated carbocycles. The fourth-order valence-corrected chi connectivity index (χ4v) is 1.34. The molecule has 1 heterocycles. The third-order valence-electron chi connectivity index (χ3n) is 2.34. The molecule has 1 N–H and O–H groups in total. The zero-order valence-electron chi connectivity index (χ0n) is 10.6. The molecule has 0 aliphatic heterocycles. The predicted octanol–water partition coefficient (Wildman–Crippen LogP) is 1.19. The minimum absolute atomic E-state index is 0.0437. The number of rotatable bonds is 5. The molecule has 7 heteroatoms. The molecule has 0 atom stereocenters. The van der Waals surface area contributed by atoms with Crippen molar-refractivity contribution < 1.29 is 9.72 Å². The van der Waals surface area contributed by atoms with E-state index in [1.807, 2.05) is 0 Å². The SMILES string of the molecule is Cc1ccc([N+](=O)[O-])c(NCCC(=O)N(C)C)n1. The molecule has 1 rings (SSSR count). The van der Waals surface area contributed by atoms with Crippen LogP contribution in [0, 0.1) is 17.0 Å². The number of hydrogen-bond acceptors (Lipinski definition) is 5. The van der Waals surface area contributed by atoms with E-state index in [1.54, 1.807) is 27.1 Å². The van der Waals surface area contributed by atoms with Crippen LogP contribution in [0.2, 0.25) is 0 Å². The summed E-state index contributed by atoms with van der Waals surface area (Å²) in [4.78, 5) is 27.2. The van der Waals surface area contributed by atoms with Gasteiger partial charge in [-0.15, -0.1) is 0 Å². The Morgan fingerprint density at radius 1 is 1.50 bits per heavy atom. The lowest BCUT2D eigenvalue weighted by Gasteiger charge is -2.11. The normalized spacial score (nSPS) is 9.94. The molecule has 0 fully saturated rings. The molecule has 0 spiro atoms. The van der Waals surface area contributed by atoms with Gasteiger partial charge in [-0.3, -0.25) is 14.9 Å². The molecule has 1 aromatic rings. The highest BCUT2D eigenvalue weighted by Crippen LogP contribution is 2.21. The zero-order valence-corrected chi connectivity index (χ0v) is 10.6.